The van der Waals surface area contributed by atoms with E-state index < -0.39 is 16.8 Å². The fourth-order valence-corrected chi connectivity index (χ4v) is 0.713. The van der Waals surface area contributed by atoms with Gasteiger partial charge in [-0.3, -0.25) is 0 Å². The molecule has 0 radical (unpaired) electrons. The van der Waals surface area contributed by atoms with Crippen molar-refractivity contribution >= 4 is 11.9 Å². The third-order valence-corrected chi connectivity index (χ3v) is 1.27. The summed E-state index contributed by atoms with van der Waals surface area (Å²) in [5.74, 6) is -1.62. The van der Waals surface area contributed by atoms with E-state index in [1.54, 1.807) is 0 Å². The zero-order valence-corrected chi connectivity index (χ0v) is 6.92. The highest BCUT2D eigenvalue weighted by molar-refractivity contribution is 5.85. The van der Waals surface area contributed by atoms with Gasteiger partial charge in [0.25, 0.3) is 0 Å². The molecule has 0 saturated carbocycles. The van der Waals surface area contributed by atoms with Crippen molar-refractivity contribution in [2.24, 2.45) is 7.05 Å². The number of carbonyl (C=O) groups is 1. The maximum Gasteiger partial charge on any atom is 0.456 e. The minimum absolute atomic E-state index is 0.322. The predicted octanol–water partition coefficient (Wildman–Crippen LogP) is -0.490. The van der Waals surface area contributed by atoms with E-state index in [0.29, 0.717) is 0 Å². The number of carbonyl (C=O) groups excluding carboxylic acids is 1. The van der Waals surface area contributed by atoms with E-state index in [-0.39, 0.29) is 5.82 Å². The number of aryl methyl sites for hydroxylation is 1. The number of ether oxygens (including phenoxy) is 1. The van der Waals surface area contributed by atoms with Crippen molar-refractivity contribution in [3.63, 3.8) is 0 Å². The van der Waals surface area contributed by atoms with Crippen LogP contribution in [0.2, 0.25) is 0 Å². The first-order valence-electron chi connectivity index (χ1n) is 3.20. The van der Waals surface area contributed by atoms with Crippen molar-refractivity contribution in [2.75, 3.05) is 7.11 Å². The molecule has 8 heteroatoms. The lowest BCUT2D eigenvalue weighted by atomic mass is 10.6. The molecule has 0 aliphatic carbocycles. The van der Waals surface area contributed by atoms with E-state index >= 15 is 0 Å². The van der Waals surface area contributed by atoms with Crippen molar-refractivity contribution < 1.29 is 14.5 Å². The first-order chi connectivity index (χ1) is 6.06. The number of hydrogen-bond donors (Lipinski definition) is 0. The van der Waals surface area contributed by atoms with Crippen LogP contribution >= 0.6 is 0 Å². The van der Waals surface area contributed by atoms with Crippen molar-refractivity contribution in [3.05, 3.63) is 15.9 Å². The summed E-state index contributed by atoms with van der Waals surface area (Å²) >= 11 is 0. The lowest BCUT2D eigenvalue weighted by Crippen LogP contribution is -2.04. The van der Waals surface area contributed by atoms with Gasteiger partial charge in [-0.2, -0.15) is 0 Å². The van der Waals surface area contributed by atoms with Gasteiger partial charge in [0.2, 0.25) is 0 Å². The maximum atomic E-state index is 10.8. The molecule has 0 aromatic carbocycles. The summed E-state index contributed by atoms with van der Waals surface area (Å²) in [6.07, 6.45) is 0. The van der Waals surface area contributed by atoms with Crippen molar-refractivity contribution in [1.29, 1.82) is 0 Å². The third-order valence-electron chi connectivity index (χ3n) is 1.27. The van der Waals surface area contributed by atoms with Gasteiger partial charge in [-0.25, -0.2) is 4.79 Å². The summed E-state index contributed by atoms with van der Waals surface area (Å²) in [4.78, 5) is 23.7. The van der Waals surface area contributed by atoms with Crippen LogP contribution in [0, 0.1) is 10.1 Å². The van der Waals surface area contributed by atoms with Gasteiger partial charge in [0.15, 0.2) is 0 Å². The minimum atomic E-state index is -0.802. The van der Waals surface area contributed by atoms with Crippen molar-refractivity contribution in [2.45, 2.75) is 0 Å². The highest BCUT2D eigenvalue weighted by Gasteiger charge is 2.24. The molecule has 0 saturated heterocycles. The van der Waals surface area contributed by atoms with Crippen molar-refractivity contribution in [1.82, 2.24) is 14.8 Å². The summed E-state index contributed by atoms with van der Waals surface area (Å²) in [5.41, 5.74) is 0. The molecule has 13 heavy (non-hydrogen) atoms. The van der Waals surface area contributed by atoms with E-state index in [1.807, 2.05) is 0 Å². The molecule has 0 fully saturated rings. The van der Waals surface area contributed by atoms with Gasteiger partial charge in [-0.15, -0.1) is 4.68 Å². The largest absolute Gasteiger partial charge is 0.462 e. The SMILES string of the molecule is COC(=O)c1nc([N+](=O)[O-])n(C)n1. The number of hydrogen-bond acceptors (Lipinski definition) is 6. The summed E-state index contributed by atoms with van der Waals surface area (Å²) in [6.45, 7) is 0. The van der Waals surface area contributed by atoms with Crippen LogP contribution < -0.4 is 0 Å². The Morgan fingerprint density at radius 1 is 1.69 bits per heavy atom. The molecule has 1 heterocycles. The molecular weight excluding hydrogens is 180 g/mol. The second-order valence-electron chi connectivity index (χ2n) is 2.11. The highest BCUT2D eigenvalue weighted by Crippen LogP contribution is 2.05. The fourth-order valence-electron chi connectivity index (χ4n) is 0.713. The third kappa shape index (κ3) is 1.60. The Bertz CT molecular complexity index is 357. The molecule has 0 bridgehead atoms. The molecule has 8 nitrogen and oxygen atoms in total. The smallest absolute Gasteiger partial charge is 0.456 e. The molecule has 0 unspecified atom stereocenters. The van der Waals surface area contributed by atoms with E-state index in [2.05, 4.69) is 14.8 Å². The average molecular weight is 186 g/mol. The molecule has 0 N–H and O–H groups in total. The quantitative estimate of drug-likeness (QED) is 0.351. The molecule has 0 atom stereocenters. The van der Waals surface area contributed by atoms with Gasteiger partial charge in [0, 0.05) is 0 Å². The van der Waals surface area contributed by atoms with Crippen LogP contribution in [-0.4, -0.2) is 32.8 Å². The Morgan fingerprint density at radius 3 is 2.69 bits per heavy atom. The van der Waals surface area contributed by atoms with Gasteiger partial charge < -0.3 is 14.9 Å². The van der Waals surface area contributed by atoms with Crippen LogP contribution in [0.25, 0.3) is 0 Å². The highest BCUT2D eigenvalue weighted by atomic mass is 16.6. The van der Waals surface area contributed by atoms with E-state index in [9.17, 15) is 14.9 Å². The van der Waals surface area contributed by atoms with Crippen LogP contribution in [0.15, 0.2) is 0 Å². The summed E-state index contributed by atoms with van der Waals surface area (Å²) < 4.78 is 5.18. The molecule has 0 amide bonds. The second-order valence-corrected chi connectivity index (χ2v) is 2.11. The first kappa shape index (κ1) is 9.10. The molecule has 70 valence electrons. The van der Waals surface area contributed by atoms with Crippen LogP contribution in [-0.2, 0) is 11.8 Å². The number of esters is 1. The predicted molar refractivity (Wildman–Crippen MR) is 39.0 cm³/mol. The Labute approximate surface area is 72.3 Å². The topological polar surface area (TPSA) is 100 Å². The van der Waals surface area contributed by atoms with Gasteiger partial charge in [0.1, 0.15) is 0 Å². The molecule has 0 aliphatic heterocycles. The Kier molecular flexibility index (Phi) is 2.22. The number of nitro groups is 1. The Hall–Kier alpha value is -1.99. The first-order valence-corrected chi connectivity index (χ1v) is 3.20. The van der Waals surface area contributed by atoms with Gasteiger partial charge in [0.05, 0.1) is 14.2 Å². The van der Waals surface area contributed by atoms with Crippen molar-refractivity contribution in [3.8, 4) is 0 Å². The average Bonchev–Trinajstić information content (AvgIpc) is 2.46. The monoisotopic (exact) mass is 186 g/mol. The lowest BCUT2D eigenvalue weighted by molar-refractivity contribution is -0.396. The molecule has 1 aromatic heterocycles. The Balaban J connectivity index is 3.09. The fraction of sp³-hybridized carbons (Fsp3) is 0.400. The lowest BCUT2D eigenvalue weighted by Gasteiger charge is -1.88. The maximum absolute atomic E-state index is 10.8. The van der Waals surface area contributed by atoms with Gasteiger partial charge in [-0.1, -0.05) is 5.10 Å². The number of nitrogens with zero attached hydrogens (tertiary/aromatic N) is 4. The summed E-state index contributed by atoms with van der Waals surface area (Å²) in [5, 5.41) is 13.8. The minimum Gasteiger partial charge on any atom is -0.462 e. The number of rotatable bonds is 2. The molecule has 0 aliphatic rings. The van der Waals surface area contributed by atoms with Crippen LogP contribution in [0.3, 0.4) is 0 Å². The van der Waals surface area contributed by atoms with E-state index in [4.69, 9.17) is 0 Å². The Morgan fingerprint density at radius 2 is 2.31 bits per heavy atom. The normalized spacial score (nSPS) is 9.69. The van der Waals surface area contributed by atoms with Crippen LogP contribution in [0.5, 0.6) is 0 Å². The molecular formula is C5H6N4O4. The molecule has 1 aromatic rings. The summed E-state index contributed by atoms with van der Waals surface area (Å²) in [7, 11) is 2.46. The standard InChI is InChI=1S/C5H6N4O4/c1-8-5(9(11)12)6-3(7-8)4(10)13-2/h1-2H3. The second kappa shape index (κ2) is 3.17. The van der Waals surface area contributed by atoms with E-state index in [0.717, 1.165) is 11.8 Å². The number of aromatic nitrogens is 3. The number of methoxy groups -OCH3 is 1. The van der Waals surface area contributed by atoms with Gasteiger partial charge in [-0.05, 0) is 9.91 Å². The van der Waals surface area contributed by atoms with Gasteiger partial charge >= 0.3 is 17.7 Å². The molecule has 0 spiro atoms. The molecule has 1 rings (SSSR count). The van der Waals surface area contributed by atoms with Crippen LogP contribution in [0.4, 0.5) is 5.95 Å². The van der Waals surface area contributed by atoms with E-state index in [1.165, 1.54) is 7.05 Å². The zero-order chi connectivity index (χ0) is 10.0. The summed E-state index contributed by atoms with van der Waals surface area (Å²) in [6, 6.07) is 0. The van der Waals surface area contributed by atoms with Crippen LogP contribution in [0.1, 0.15) is 10.6 Å². The zero-order valence-electron chi connectivity index (χ0n) is 6.92.